The zero-order chi connectivity index (χ0) is 34.6. The fourth-order valence-corrected chi connectivity index (χ4v) is 7.36. The van der Waals surface area contributed by atoms with E-state index in [-0.39, 0.29) is 0 Å². The Hall–Kier alpha value is -7.29. The summed E-state index contributed by atoms with van der Waals surface area (Å²) in [5.74, 6) is 0.615. The van der Waals surface area contributed by atoms with Gasteiger partial charge in [0.1, 0.15) is 11.2 Å². The lowest BCUT2D eigenvalue weighted by molar-refractivity contribution is 0.669. The van der Waals surface area contributed by atoms with E-state index < -0.39 is 0 Å². The number of para-hydroxylation sites is 2. The van der Waals surface area contributed by atoms with Gasteiger partial charge in [0.15, 0.2) is 5.82 Å². The molecule has 10 rings (SSSR count). The molecule has 0 saturated carbocycles. The minimum absolute atomic E-state index is 0.601. The van der Waals surface area contributed by atoms with E-state index in [0.29, 0.717) is 11.4 Å². The highest BCUT2D eigenvalue weighted by atomic mass is 16.3. The Morgan fingerprint density at radius 3 is 1.85 bits per heavy atom. The molecule has 0 amide bonds. The molecule has 0 atom stereocenters. The maximum absolute atomic E-state index is 9.82. The van der Waals surface area contributed by atoms with Crippen molar-refractivity contribution in [1.82, 2.24) is 14.5 Å². The van der Waals surface area contributed by atoms with Crippen molar-refractivity contribution >= 4 is 43.7 Å². The number of hydrogen-bond donors (Lipinski definition) is 0. The summed E-state index contributed by atoms with van der Waals surface area (Å²) in [6.45, 7) is 0. The molecule has 0 aliphatic heterocycles. The molecule has 242 valence electrons. The Bertz CT molecular complexity index is 2970. The third-order valence-electron chi connectivity index (χ3n) is 9.80. The fraction of sp³-hybridized carbons (Fsp3) is 0. The smallest absolute Gasteiger partial charge is 0.160 e. The van der Waals surface area contributed by atoms with Gasteiger partial charge >= 0.3 is 0 Å². The second-order valence-electron chi connectivity index (χ2n) is 13.0. The summed E-state index contributed by atoms with van der Waals surface area (Å²) in [4.78, 5) is 10.4. The van der Waals surface area contributed by atoms with Crippen LogP contribution < -0.4 is 0 Å². The lowest BCUT2D eigenvalue weighted by atomic mass is 9.99. The molecule has 10 aromatic rings. The predicted octanol–water partition coefficient (Wildman–Crippen LogP) is 12.0. The molecule has 3 heterocycles. The average Bonchev–Trinajstić information content (AvgIpc) is 3.75. The van der Waals surface area contributed by atoms with Gasteiger partial charge in [0.25, 0.3) is 0 Å². The number of hydrogen-bond acceptors (Lipinski definition) is 4. The van der Waals surface area contributed by atoms with Crippen molar-refractivity contribution in [2.24, 2.45) is 0 Å². The van der Waals surface area contributed by atoms with Crippen LogP contribution in [-0.2, 0) is 0 Å². The number of nitrogens with zero attached hydrogens (tertiary/aromatic N) is 4. The number of benzene rings is 7. The number of furan rings is 1. The van der Waals surface area contributed by atoms with Gasteiger partial charge in [-0.25, -0.2) is 9.97 Å². The summed E-state index contributed by atoms with van der Waals surface area (Å²) >= 11 is 0. The monoisotopic (exact) mass is 664 g/mol. The number of nitriles is 1. The first kappa shape index (κ1) is 29.6. The van der Waals surface area contributed by atoms with E-state index in [1.807, 2.05) is 72.8 Å². The van der Waals surface area contributed by atoms with Gasteiger partial charge in [-0.1, -0.05) is 109 Å². The molecule has 0 aliphatic carbocycles. The van der Waals surface area contributed by atoms with E-state index in [0.717, 1.165) is 88.6 Å². The highest BCUT2D eigenvalue weighted by Crippen LogP contribution is 2.40. The molecule has 52 heavy (non-hydrogen) atoms. The van der Waals surface area contributed by atoms with Gasteiger partial charge in [-0.05, 0) is 71.8 Å². The summed E-state index contributed by atoms with van der Waals surface area (Å²) in [6, 6.07) is 60.2. The Balaban J connectivity index is 1.28. The van der Waals surface area contributed by atoms with Crippen LogP contribution in [0.15, 0.2) is 174 Å². The molecule has 0 fully saturated rings. The van der Waals surface area contributed by atoms with Crippen LogP contribution in [-0.4, -0.2) is 14.5 Å². The second-order valence-corrected chi connectivity index (χ2v) is 13.0. The number of rotatable bonds is 5. The lowest BCUT2D eigenvalue weighted by Gasteiger charge is -2.15. The topological polar surface area (TPSA) is 67.6 Å². The van der Waals surface area contributed by atoms with Crippen molar-refractivity contribution in [3.05, 3.63) is 175 Å². The van der Waals surface area contributed by atoms with Crippen LogP contribution in [0.2, 0.25) is 0 Å². The molecule has 0 saturated heterocycles. The third-order valence-corrected chi connectivity index (χ3v) is 9.80. The van der Waals surface area contributed by atoms with Crippen LogP contribution in [0.1, 0.15) is 5.56 Å². The van der Waals surface area contributed by atoms with E-state index in [1.165, 1.54) is 0 Å². The highest BCUT2D eigenvalue weighted by Gasteiger charge is 2.19. The molecule has 0 unspecified atom stereocenters. The molecule has 0 spiro atoms. The van der Waals surface area contributed by atoms with Crippen molar-refractivity contribution in [2.75, 3.05) is 0 Å². The molecule has 5 nitrogen and oxygen atoms in total. The Morgan fingerprint density at radius 1 is 0.442 bits per heavy atom. The van der Waals surface area contributed by atoms with Gasteiger partial charge in [0, 0.05) is 43.9 Å². The first-order valence-electron chi connectivity index (χ1n) is 17.2. The Morgan fingerprint density at radius 2 is 1.10 bits per heavy atom. The van der Waals surface area contributed by atoms with Gasteiger partial charge in [-0.2, -0.15) is 5.26 Å². The van der Waals surface area contributed by atoms with Crippen LogP contribution in [0.5, 0.6) is 0 Å². The first-order chi connectivity index (χ1) is 25.7. The van der Waals surface area contributed by atoms with Crippen LogP contribution in [0, 0.1) is 11.3 Å². The molecular formula is C47H28N4O. The largest absolute Gasteiger partial charge is 0.456 e. The molecule has 7 aromatic carbocycles. The van der Waals surface area contributed by atoms with Gasteiger partial charge in [-0.3, -0.25) is 0 Å². The zero-order valence-electron chi connectivity index (χ0n) is 27.9. The van der Waals surface area contributed by atoms with Crippen molar-refractivity contribution in [1.29, 1.82) is 5.26 Å². The molecule has 0 N–H and O–H groups in total. The van der Waals surface area contributed by atoms with Crippen LogP contribution >= 0.6 is 0 Å². The van der Waals surface area contributed by atoms with Crippen molar-refractivity contribution in [3.63, 3.8) is 0 Å². The molecule has 0 aliphatic rings. The molecule has 0 bridgehead atoms. The Labute approximate surface area is 299 Å². The fourth-order valence-electron chi connectivity index (χ4n) is 7.36. The van der Waals surface area contributed by atoms with E-state index >= 15 is 0 Å². The van der Waals surface area contributed by atoms with Gasteiger partial charge < -0.3 is 8.98 Å². The summed E-state index contributed by atoms with van der Waals surface area (Å²) < 4.78 is 8.67. The standard InChI is InChI=1S/C47H28N4O/c48-29-30-12-11-17-33(22-30)34-23-35(47-49-41(31-13-3-1-4-14-31)28-42(50-47)32-15-5-2-6-16-32)25-36(24-34)51-43-20-9-7-18-37(43)39-27-46-40(26-44(39)51)38-19-8-10-21-45(38)52-46/h1-28H. The van der Waals surface area contributed by atoms with E-state index in [4.69, 9.17) is 14.4 Å². The van der Waals surface area contributed by atoms with Crippen LogP contribution in [0.4, 0.5) is 0 Å². The summed E-state index contributed by atoms with van der Waals surface area (Å²) in [7, 11) is 0. The second kappa shape index (κ2) is 11.9. The van der Waals surface area contributed by atoms with Crippen LogP contribution in [0.25, 0.3) is 94.5 Å². The van der Waals surface area contributed by atoms with E-state index in [2.05, 4.69) is 108 Å². The van der Waals surface area contributed by atoms with Crippen molar-refractivity contribution in [2.45, 2.75) is 0 Å². The average molecular weight is 665 g/mol. The predicted molar refractivity (Wildman–Crippen MR) is 210 cm³/mol. The highest BCUT2D eigenvalue weighted by molar-refractivity contribution is 6.17. The number of aromatic nitrogens is 3. The quantitative estimate of drug-likeness (QED) is 0.184. The zero-order valence-corrected chi connectivity index (χ0v) is 27.9. The minimum Gasteiger partial charge on any atom is -0.456 e. The molecule has 0 radical (unpaired) electrons. The van der Waals surface area contributed by atoms with Crippen molar-refractivity contribution in [3.8, 4) is 56.8 Å². The number of fused-ring (bicyclic) bond motifs is 6. The Kier molecular flexibility index (Phi) is 6.80. The lowest BCUT2D eigenvalue weighted by Crippen LogP contribution is -1.99. The SMILES string of the molecule is N#Cc1cccc(-c2cc(-c3nc(-c4ccccc4)cc(-c4ccccc4)n3)cc(-n3c4ccccc4c4cc5oc6ccccc6c5cc43)c2)c1. The first-order valence-corrected chi connectivity index (χ1v) is 17.2. The normalized spacial score (nSPS) is 11.4. The molecule has 5 heteroatoms. The van der Waals surface area contributed by atoms with Crippen molar-refractivity contribution < 1.29 is 4.42 Å². The van der Waals surface area contributed by atoms with Crippen LogP contribution in [0.3, 0.4) is 0 Å². The molecule has 3 aromatic heterocycles. The molecular weight excluding hydrogens is 637 g/mol. The van der Waals surface area contributed by atoms with Gasteiger partial charge in [0.05, 0.1) is 34.1 Å². The summed E-state index contributed by atoms with van der Waals surface area (Å²) in [6.07, 6.45) is 0. The summed E-state index contributed by atoms with van der Waals surface area (Å²) in [5.41, 5.74) is 11.9. The summed E-state index contributed by atoms with van der Waals surface area (Å²) in [5, 5.41) is 14.2. The van der Waals surface area contributed by atoms with E-state index in [9.17, 15) is 5.26 Å². The third kappa shape index (κ3) is 4.93. The minimum atomic E-state index is 0.601. The van der Waals surface area contributed by atoms with Gasteiger partial charge in [-0.15, -0.1) is 0 Å². The van der Waals surface area contributed by atoms with E-state index in [1.54, 1.807) is 0 Å². The van der Waals surface area contributed by atoms with Gasteiger partial charge in [0.2, 0.25) is 0 Å². The maximum atomic E-state index is 9.82. The maximum Gasteiger partial charge on any atom is 0.160 e.